The summed E-state index contributed by atoms with van der Waals surface area (Å²) in [6, 6.07) is 8.49. The maximum atomic E-state index is 5.54. The summed E-state index contributed by atoms with van der Waals surface area (Å²) in [4.78, 5) is 4.23. The first kappa shape index (κ1) is 21.2. The Morgan fingerprint density at radius 1 is 1.18 bits per heavy atom. The molecule has 0 amide bonds. The molecule has 1 rings (SSSR count). The normalized spacial score (nSPS) is 11.2. The molecule has 0 heterocycles. The van der Waals surface area contributed by atoms with Gasteiger partial charge in [0.05, 0.1) is 6.61 Å². The van der Waals surface area contributed by atoms with Crippen LogP contribution in [-0.4, -0.2) is 32.8 Å². The van der Waals surface area contributed by atoms with Crippen molar-refractivity contribution in [3.63, 3.8) is 0 Å². The smallest absolute Gasteiger partial charge is 0.191 e. The lowest BCUT2D eigenvalue weighted by Crippen LogP contribution is -2.38. The first-order valence-corrected chi connectivity index (χ1v) is 7.76. The molecule has 0 saturated carbocycles. The summed E-state index contributed by atoms with van der Waals surface area (Å²) in [5, 5.41) is 6.61. The summed E-state index contributed by atoms with van der Waals surface area (Å²) in [7, 11) is 1.79. The van der Waals surface area contributed by atoms with Gasteiger partial charge in [0.25, 0.3) is 0 Å². The van der Waals surface area contributed by atoms with Gasteiger partial charge < -0.3 is 15.4 Å². The summed E-state index contributed by atoms with van der Waals surface area (Å²) in [6.07, 6.45) is 1.05. The molecule has 22 heavy (non-hydrogen) atoms. The van der Waals surface area contributed by atoms with Gasteiger partial charge in [0, 0.05) is 26.7 Å². The zero-order valence-electron chi connectivity index (χ0n) is 14.2. The van der Waals surface area contributed by atoms with Gasteiger partial charge in [-0.2, -0.15) is 0 Å². The van der Waals surface area contributed by atoms with E-state index in [9.17, 15) is 0 Å². The number of benzene rings is 1. The highest BCUT2D eigenvalue weighted by Crippen LogP contribution is 2.08. The molecule has 2 N–H and O–H groups in total. The van der Waals surface area contributed by atoms with E-state index < -0.39 is 0 Å². The van der Waals surface area contributed by atoms with E-state index in [4.69, 9.17) is 4.74 Å². The molecule has 5 heteroatoms. The molecule has 0 radical (unpaired) electrons. The van der Waals surface area contributed by atoms with Crippen LogP contribution in [-0.2, 0) is 17.7 Å². The third-order valence-electron chi connectivity index (χ3n) is 3.16. The molecule has 4 nitrogen and oxygen atoms in total. The Kier molecular flexibility index (Phi) is 12.2. The second kappa shape index (κ2) is 12.7. The van der Waals surface area contributed by atoms with Gasteiger partial charge in [-0.3, -0.25) is 4.99 Å². The Labute approximate surface area is 152 Å². The minimum absolute atomic E-state index is 0. The number of rotatable bonds is 8. The summed E-state index contributed by atoms with van der Waals surface area (Å²) in [6.45, 7) is 9.54. The van der Waals surface area contributed by atoms with E-state index in [2.05, 4.69) is 60.7 Å². The third kappa shape index (κ3) is 8.58. The second-order valence-electron chi connectivity index (χ2n) is 5.44. The molecule has 0 aliphatic heterocycles. The van der Waals surface area contributed by atoms with Crippen molar-refractivity contribution in [3.05, 3.63) is 35.4 Å². The second-order valence-corrected chi connectivity index (χ2v) is 5.44. The number of hydrogen-bond acceptors (Lipinski definition) is 2. The number of nitrogens with zero attached hydrogens (tertiary/aromatic N) is 1. The minimum atomic E-state index is 0. The van der Waals surface area contributed by atoms with E-state index in [1.54, 1.807) is 7.05 Å². The maximum Gasteiger partial charge on any atom is 0.191 e. The molecule has 1 aromatic carbocycles. The molecule has 0 aliphatic carbocycles. The summed E-state index contributed by atoms with van der Waals surface area (Å²) in [5.41, 5.74) is 2.69. The van der Waals surface area contributed by atoms with Crippen molar-refractivity contribution in [2.45, 2.75) is 33.7 Å². The molecule has 0 unspecified atom stereocenters. The van der Waals surface area contributed by atoms with Gasteiger partial charge in [-0.05, 0) is 23.5 Å². The zero-order valence-corrected chi connectivity index (χ0v) is 16.5. The van der Waals surface area contributed by atoms with Crippen LogP contribution in [0.4, 0.5) is 0 Å². The number of halogens is 1. The third-order valence-corrected chi connectivity index (χ3v) is 3.16. The largest absolute Gasteiger partial charge is 0.379 e. The maximum absolute atomic E-state index is 5.54. The van der Waals surface area contributed by atoms with Gasteiger partial charge in [-0.15, -0.1) is 24.0 Å². The number of aliphatic imine (C=N–C) groups is 1. The fourth-order valence-corrected chi connectivity index (χ4v) is 2.04. The van der Waals surface area contributed by atoms with Crippen molar-refractivity contribution >= 4 is 29.9 Å². The quantitative estimate of drug-likeness (QED) is 0.295. The zero-order chi connectivity index (χ0) is 15.5. The van der Waals surface area contributed by atoms with Crippen molar-refractivity contribution in [3.8, 4) is 0 Å². The Balaban J connectivity index is 0.00000441. The van der Waals surface area contributed by atoms with E-state index in [1.807, 2.05) is 0 Å². The molecule has 0 spiro atoms. The lowest BCUT2D eigenvalue weighted by Gasteiger charge is -2.14. The highest BCUT2D eigenvalue weighted by molar-refractivity contribution is 14.0. The van der Waals surface area contributed by atoms with E-state index in [1.165, 1.54) is 11.1 Å². The molecule has 0 atom stereocenters. The van der Waals surface area contributed by atoms with Gasteiger partial charge in [0.1, 0.15) is 0 Å². The Morgan fingerprint density at radius 3 is 2.45 bits per heavy atom. The van der Waals surface area contributed by atoms with Crippen LogP contribution in [0.5, 0.6) is 0 Å². The number of guanidine groups is 1. The van der Waals surface area contributed by atoms with E-state index >= 15 is 0 Å². The van der Waals surface area contributed by atoms with Crippen molar-refractivity contribution in [2.24, 2.45) is 10.9 Å². The lowest BCUT2D eigenvalue weighted by atomic mass is 10.1. The van der Waals surface area contributed by atoms with Gasteiger partial charge in [-0.1, -0.05) is 45.0 Å². The number of hydrogen-bond donors (Lipinski definition) is 2. The Hall–Kier alpha value is -0.820. The molecule has 126 valence electrons. The molecule has 0 bridgehead atoms. The standard InChI is InChI=1S/C17H29N3O.HI/c1-5-15-8-6-7-9-16(15)12-20-17(18-4)19-10-11-21-13-14(2)3;/h6-9,14H,5,10-13H2,1-4H3,(H2,18,19,20);1H. The van der Waals surface area contributed by atoms with Crippen LogP contribution in [0.2, 0.25) is 0 Å². The van der Waals surface area contributed by atoms with Gasteiger partial charge >= 0.3 is 0 Å². The highest BCUT2D eigenvalue weighted by Gasteiger charge is 2.02. The first-order chi connectivity index (χ1) is 10.2. The first-order valence-electron chi connectivity index (χ1n) is 7.76. The van der Waals surface area contributed by atoms with Crippen LogP contribution in [0.1, 0.15) is 31.9 Å². The average molecular weight is 419 g/mol. The highest BCUT2D eigenvalue weighted by atomic mass is 127. The van der Waals surface area contributed by atoms with Crippen LogP contribution in [0, 0.1) is 5.92 Å². The summed E-state index contributed by atoms with van der Waals surface area (Å²) < 4.78 is 5.54. The van der Waals surface area contributed by atoms with E-state index in [-0.39, 0.29) is 24.0 Å². The number of aryl methyl sites for hydroxylation is 1. The van der Waals surface area contributed by atoms with Crippen LogP contribution in [0.3, 0.4) is 0 Å². The molecule has 0 aliphatic rings. The van der Waals surface area contributed by atoms with Crippen LogP contribution in [0.15, 0.2) is 29.3 Å². The molecular formula is C17H30IN3O. The van der Waals surface area contributed by atoms with Gasteiger partial charge in [0.15, 0.2) is 5.96 Å². The topological polar surface area (TPSA) is 45.7 Å². The predicted octanol–water partition coefficient (Wildman–Crippen LogP) is 3.20. The Morgan fingerprint density at radius 2 is 1.86 bits per heavy atom. The fourth-order valence-electron chi connectivity index (χ4n) is 2.04. The summed E-state index contributed by atoms with van der Waals surface area (Å²) in [5.74, 6) is 1.39. The minimum Gasteiger partial charge on any atom is -0.379 e. The SMILES string of the molecule is CCc1ccccc1CNC(=NC)NCCOCC(C)C.I. The average Bonchev–Trinajstić information content (AvgIpc) is 2.50. The fraction of sp³-hybridized carbons (Fsp3) is 0.588. The van der Waals surface area contributed by atoms with Crippen molar-refractivity contribution in [1.82, 2.24) is 10.6 Å². The van der Waals surface area contributed by atoms with E-state index in [0.29, 0.717) is 12.5 Å². The molecule has 0 saturated heterocycles. The van der Waals surface area contributed by atoms with Crippen LogP contribution >= 0.6 is 24.0 Å². The predicted molar refractivity (Wildman–Crippen MR) is 105 cm³/mol. The molecular weight excluding hydrogens is 389 g/mol. The van der Waals surface area contributed by atoms with Crippen molar-refractivity contribution in [2.75, 3.05) is 26.8 Å². The number of ether oxygens (including phenoxy) is 1. The number of nitrogens with one attached hydrogen (secondary N) is 2. The summed E-state index contributed by atoms with van der Waals surface area (Å²) >= 11 is 0. The van der Waals surface area contributed by atoms with Crippen molar-refractivity contribution < 1.29 is 4.74 Å². The van der Waals surface area contributed by atoms with Gasteiger partial charge in [0.2, 0.25) is 0 Å². The van der Waals surface area contributed by atoms with Crippen molar-refractivity contribution in [1.29, 1.82) is 0 Å². The van der Waals surface area contributed by atoms with E-state index in [0.717, 1.165) is 32.1 Å². The van der Waals surface area contributed by atoms with Crippen LogP contribution in [0.25, 0.3) is 0 Å². The Bertz CT molecular complexity index is 436. The molecule has 1 aromatic rings. The molecule has 0 aromatic heterocycles. The van der Waals surface area contributed by atoms with Gasteiger partial charge in [-0.25, -0.2) is 0 Å². The van der Waals surface area contributed by atoms with Crippen LogP contribution < -0.4 is 10.6 Å². The molecule has 0 fully saturated rings. The monoisotopic (exact) mass is 419 g/mol. The lowest BCUT2D eigenvalue weighted by molar-refractivity contribution is 0.114.